The second-order valence-corrected chi connectivity index (χ2v) is 7.17. The van der Waals surface area contributed by atoms with Crippen molar-refractivity contribution in [1.29, 1.82) is 0 Å². The van der Waals surface area contributed by atoms with Gasteiger partial charge in [-0.3, -0.25) is 9.78 Å². The van der Waals surface area contributed by atoms with Gasteiger partial charge in [0.25, 0.3) is 0 Å². The third kappa shape index (κ3) is 4.02. The number of furan rings is 1. The largest absolute Gasteiger partial charge is 0.469 e. The summed E-state index contributed by atoms with van der Waals surface area (Å²) in [6.07, 6.45) is 5.72. The molecule has 1 aliphatic rings. The smallest absolute Gasteiger partial charge is 0.307 e. The van der Waals surface area contributed by atoms with E-state index >= 15 is 0 Å². The van der Waals surface area contributed by atoms with Crippen molar-refractivity contribution in [2.24, 2.45) is 0 Å². The van der Waals surface area contributed by atoms with Gasteiger partial charge in [0.2, 0.25) is 0 Å². The van der Waals surface area contributed by atoms with Crippen molar-refractivity contribution in [2.75, 3.05) is 13.7 Å². The first-order valence-corrected chi connectivity index (χ1v) is 9.80. The van der Waals surface area contributed by atoms with E-state index < -0.39 is 0 Å². The summed E-state index contributed by atoms with van der Waals surface area (Å²) in [7, 11) is 1.39. The van der Waals surface area contributed by atoms with Crippen LogP contribution in [-0.2, 0) is 16.1 Å². The first kappa shape index (κ1) is 19.2. The first-order valence-electron chi connectivity index (χ1n) is 9.39. The number of esters is 1. The van der Waals surface area contributed by atoms with E-state index in [0.29, 0.717) is 18.2 Å². The van der Waals surface area contributed by atoms with E-state index in [1.807, 2.05) is 47.5 Å². The highest BCUT2D eigenvalue weighted by Crippen LogP contribution is 2.39. The van der Waals surface area contributed by atoms with E-state index in [0.717, 1.165) is 17.1 Å². The molecule has 1 aliphatic heterocycles. The van der Waals surface area contributed by atoms with Crippen molar-refractivity contribution in [3.63, 3.8) is 0 Å². The Balaban J connectivity index is 1.69. The van der Waals surface area contributed by atoms with Crippen LogP contribution in [0.4, 0.5) is 0 Å². The fraction of sp³-hybridized carbons (Fsp3) is 0.286. The molecule has 29 heavy (non-hydrogen) atoms. The second kappa shape index (κ2) is 8.48. The third-order valence-corrected chi connectivity index (χ3v) is 5.41. The lowest BCUT2D eigenvalue weighted by molar-refractivity contribution is -0.140. The molecular formula is C21H22N4O3S. The highest BCUT2D eigenvalue weighted by Gasteiger charge is 2.41. The van der Waals surface area contributed by atoms with Gasteiger partial charge in [0.15, 0.2) is 5.11 Å². The van der Waals surface area contributed by atoms with Gasteiger partial charge in [-0.1, -0.05) is 6.07 Å². The van der Waals surface area contributed by atoms with Gasteiger partial charge in [-0.2, -0.15) is 0 Å². The van der Waals surface area contributed by atoms with E-state index in [1.165, 1.54) is 7.11 Å². The van der Waals surface area contributed by atoms with Gasteiger partial charge in [-0.15, -0.1) is 0 Å². The van der Waals surface area contributed by atoms with Crippen LogP contribution in [0.3, 0.4) is 0 Å². The normalized spacial score (nSPS) is 18.7. The maximum Gasteiger partial charge on any atom is 0.307 e. The third-order valence-electron chi connectivity index (χ3n) is 5.06. The molecule has 1 N–H and O–H groups in total. The van der Waals surface area contributed by atoms with Crippen molar-refractivity contribution in [2.45, 2.75) is 25.0 Å². The Morgan fingerprint density at radius 3 is 2.90 bits per heavy atom. The molecule has 2 atom stereocenters. The minimum Gasteiger partial charge on any atom is -0.469 e. The number of thiocarbonyl (C=S) groups is 1. The van der Waals surface area contributed by atoms with Crippen LogP contribution in [-0.4, -0.2) is 39.2 Å². The van der Waals surface area contributed by atoms with E-state index in [-0.39, 0.29) is 24.5 Å². The highest BCUT2D eigenvalue weighted by atomic mass is 32.1. The molecule has 0 amide bonds. The number of methoxy groups -OCH3 is 1. The molecule has 0 bridgehead atoms. The molecule has 0 aliphatic carbocycles. The van der Waals surface area contributed by atoms with Crippen molar-refractivity contribution in [3.8, 4) is 0 Å². The Morgan fingerprint density at radius 1 is 1.28 bits per heavy atom. The number of nitrogens with zero attached hydrogens (tertiary/aromatic N) is 3. The van der Waals surface area contributed by atoms with Crippen molar-refractivity contribution < 1.29 is 13.9 Å². The van der Waals surface area contributed by atoms with E-state index in [9.17, 15) is 4.79 Å². The molecule has 3 aromatic rings. The van der Waals surface area contributed by atoms with Crippen LogP contribution in [0.25, 0.3) is 0 Å². The average molecular weight is 410 g/mol. The average Bonchev–Trinajstić information content (AvgIpc) is 3.48. The molecule has 1 saturated heterocycles. The highest BCUT2D eigenvalue weighted by molar-refractivity contribution is 7.80. The first-order chi connectivity index (χ1) is 14.2. The number of rotatable bonds is 7. The van der Waals surface area contributed by atoms with Crippen molar-refractivity contribution in [3.05, 3.63) is 78.3 Å². The molecule has 0 aromatic carbocycles. The number of hydrogen-bond donors (Lipinski definition) is 1. The topological polar surface area (TPSA) is 72.5 Å². The zero-order valence-corrected chi connectivity index (χ0v) is 16.8. The maximum absolute atomic E-state index is 11.8. The molecule has 150 valence electrons. The Hall–Kier alpha value is -3.13. The Morgan fingerprint density at radius 2 is 2.17 bits per heavy atom. The van der Waals surface area contributed by atoms with Gasteiger partial charge in [0.05, 0.1) is 44.1 Å². The standard InChI is InChI=1S/C21H22N4O3S/c1-27-18(26)9-12-25-20(19(23-21(25)29)16-7-2-3-10-22-16)17-8-4-11-24(17)14-15-6-5-13-28-15/h2-8,10-11,13,19-20H,9,12,14H2,1H3,(H,23,29)/t19-,20+/m1/s1. The van der Waals surface area contributed by atoms with Gasteiger partial charge in [0.1, 0.15) is 5.76 Å². The lowest BCUT2D eigenvalue weighted by atomic mass is 10.0. The van der Waals surface area contributed by atoms with E-state index in [2.05, 4.69) is 20.9 Å². The number of pyridine rings is 1. The van der Waals surface area contributed by atoms with Crippen LogP contribution in [0.2, 0.25) is 0 Å². The van der Waals surface area contributed by atoms with Crippen LogP contribution in [0.5, 0.6) is 0 Å². The molecule has 0 saturated carbocycles. The lowest BCUT2D eigenvalue weighted by Gasteiger charge is -2.28. The zero-order valence-electron chi connectivity index (χ0n) is 16.0. The van der Waals surface area contributed by atoms with E-state index in [4.69, 9.17) is 21.4 Å². The number of nitrogens with one attached hydrogen (secondary N) is 1. The summed E-state index contributed by atoms with van der Waals surface area (Å²) in [5.74, 6) is 0.602. The predicted molar refractivity (Wildman–Crippen MR) is 111 cm³/mol. The van der Waals surface area contributed by atoms with Crippen LogP contribution < -0.4 is 5.32 Å². The van der Waals surface area contributed by atoms with Gasteiger partial charge in [0, 0.05) is 24.6 Å². The quantitative estimate of drug-likeness (QED) is 0.474. The van der Waals surface area contributed by atoms with E-state index in [1.54, 1.807) is 12.5 Å². The Kier molecular flexibility index (Phi) is 5.62. The van der Waals surface area contributed by atoms with Crippen LogP contribution in [0, 0.1) is 0 Å². The monoisotopic (exact) mass is 410 g/mol. The maximum atomic E-state index is 11.8. The van der Waals surface area contributed by atoms with Gasteiger partial charge in [-0.05, 0) is 48.6 Å². The summed E-state index contributed by atoms with van der Waals surface area (Å²) in [4.78, 5) is 18.3. The van der Waals surface area contributed by atoms with Crippen molar-refractivity contribution in [1.82, 2.24) is 19.8 Å². The summed E-state index contributed by atoms with van der Waals surface area (Å²) in [6.45, 7) is 1.07. The summed E-state index contributed by atoms with van der Waals surface area (Å²) in [5, 5.41) is 3.99. The van der Waals surface area contributed by atoms with Crippen LogP contribution >= 0.6 is 12.2 Å². The number of carbonyl (C=O) groups is 1. The fourth-order valence-corrected chi connectivity index (χ4v) is 4.02. The summed E-state index contributed by atoms with van der Waals surface area (Å²) in [5.41, 5.74) is 1.96. The molecular weight excluding hydrogens is 388 g/mol. The molecule has 8 heteroatoms. The predicted octanol–water partition coefficient (Wildman–Crippen LogP) is 3.06. The molecule has 0 unspecified atom stereocenters. The lowest BCUT2D eigenvalue weighted by Crippen LogP contribution is -2.32. The molecule has 7 nitrogen and oxygen atoms in total. The molecule has 1 fully saturated rings. The summed E-state index contributed by atoms with van der Waals surface area (Å²) in [6, 6.07) is 13.5. The van der Waals surface area contributed by atoms with Gasteiger partial charge in [-0.25, -0.2) is 0 Å². The van der Waals surface area contributed by atoms with Gasteiger partial charge < -0.3 is 23.9 Å². The minimum absolute atomic E-state index is 0.119. The minimum atomic E-state index is -0.265. The fourth-order valence-electron chi connectivity index (χ4n) is 3.69. The number of hydrogen-bond acceptors (Lipinski definition) is 5. The molecule has 0 radical (unpaired) electrons. The van der Waals surface area contributed by atoms with Crippen LogP contribution in [0.1, 0.15) is 35.7 Å². The second-order valence-electron chi connectivity index (χ2n) is 6.79. The molecule has 4 rings (SSSR count). The summed E-state index contributed by atoms with van der Waals surface area (Å²) >= 11 is 5.62. The molecule has 0 spiro atoms. The SMILES string of the molecule is COC(=O)CCN1C(=S)N[C@H](c2ccccn2)[C@@H]1c1cccn1Cc1ccco1. The number of aromatic nitrogens is 2. The Bertz CT molecular complexity index is 971. The number of ether oxygens (including phenoxy) is 1. The van der Waals surface area contributed by atoms with Crippen molar-refractivity contribution >= 4 is 23.3 Å². The molecule has 3 aromatic heterocycles. The number of carbonyl (C=O) groups excluding carboxylic acids is 1. The zero-order chi connectivity index (χ0) is 20.2. The Labute approximate surface area is 174 Å². The molecule has 4 heterocycles. The summed E-state index contributed by atoms with van der Waals surface area (Å²) < 4.78 is 12.5. The van der Waals surface area contributed by atoms with Crippen LogP contribution in [0.15, 0.2) is 65.5 Å². The van der Waals surface area contributed by atoms with Gasteiger partial charge >= 0.3 is 5.97 Å².